The number of nitrogens with zero attached hydrogens (tertiary/aromatic N) is 1. The molecule has 4 aromatic rings. The molecule has 0 aliphatic carbocycles. The van der Waals surface area contributed by atoms with E-state index in [9.17, 15) is 18.4 Å². The molecular weight excluding hydrogens is 408 g/mol. The highest BCUT2D eigenvalue weighted by Crippen LogP contribution is 2.25. The molecule has 31 heavy (non-hydrogen) atoms. The Morgan fingerprint density at radius 2 is 1.61 bits per heavy atom. The van der Waals surface area contributed by atoms with Crippen molar-refractivity contribution in [2.75, 3.05) is 0 Å². The van der Waals surface area contributed by atoms with Gasteiger partial charge in [0.25, 0.3) is 11.8 Å². The number of nitrogens with one attached hydrogen (secondary N) is 2. The number of hydrazine groups is 1. The van der Waals surface area contributed by atoms with Crippen molar-refractivity contribution in [3.63, 3.8) is 0 Å². The highest BCUT2D eigenvalue weighted by molar-refractivity contribution is 6.08. The van der Waals surface area contributed by atoms with Crippen LogP contribution in [0.2, 0.25) is 0 Å². The Balaban J connectivity index is 1.59. The van der Waals surface area contributed by atoms with Crippen LogP contribution in [0.3, 0.4) is 0 Å². The first kappa shape index (κ1) is 20.0. The lowest BCUT2D eigenvalue weighted by Crippen LogP contribution is -2.41. The van der Waals surface area contributed by atoms with Gasteiger partial charge in [0.05, 0.1) is 22.9 Å². The molecule has 2 aromatic carbocycles. The molecule has 0 radical (unpaired) electrons. The molecule has 0 saturated heterocycles. The number of halogens is 2. The standard InChI is InChI=1S/C22H15F2N3O4/c23-22(24)31-18-9-4-2-7-14(18)20(28)26-27-21(29)15-12-17(19-10-5-11-30-19)25-16-8-3-1-6-13(15)16/h1-12,22H,(H,26,28)(H,27,29). The average molecular weight is 423 g/mol. The first-order chi connectivity index (χ1) is 15.0. The minimum Gasteiger partial charge on any atom is -0.463 e. The number of para-hydroxylation sites is 2. The van der Waals surface area contributed by atoms with Crippen LogP contribution in [0.15, 0.2) is 77.4 Å². The van der Waals surface area contributed by atoms with Crippen molar-refractivity contribution < 1.29 is 27.5 Å². The first-order valence-corrected chi connectivity index (χ1v) is 9.11. The highest BCUT2D eigenvalue weighted by atomic mass is 19.3. The number of carbonyl (C=O) groups excluding carboxylic acids is 2. The third-order valence-corrected chi connectivity index (χ3v) is 4.37. The Labute approximate surface area is 174 Å². The van der Waals surface area contributed by atoms with E-state index in [1.54, 1.807) is 36.4 Å². The van der Waals surface area contributed by atoms with E-state index >= 15 is 0 Å². The van der Waals surface area contributed by atoms with Crippen molar-refractivity contribution in [1.29, 1.82) is 0 Å². The number of benzene rings is 2. The van der Waals surface area contributed by atoms with Crippen LogP contribution in [0.25, 0.3) is 22.4 Å². The van der Waals surface area contributed by atoms with Gasteiger partial charge in [-0.3, -0.25) is 20.4 Å². The summed E-state index contributed by atoms with van der Waals surface area (Å²) in [5.74, 6) is -1.26. The molecule has 0 spiro atoms. The fourth-order valence-corrected chi connectivity index (χ4v) is 3.01. The molecule has 2 amide bonds. The largest absolute Gasteiger partial charge is 0.463 e. The minimum absolute atomic E-state index is 0.154. The van der Waals surface area contributed by atoms with E-state index in [2.05, 4.69) is 20.6 Å². The van der Waals surface area contributed by atoms with Gasteiger partial charge >= 0.3 is 6.61 Å². The van der Waals surface area contributed by atoms with Crippen LogP contribution in [-0.2, 0) is 0 Å². The van der Waals surface area contributed by atoms with Gasteiger partial charge in [0.2, 0.25) is 0 Å². The van der Waals surface area contributed by atoms with Crippen LogP contribution in [0.5, 0.6) is 5.75 Å². The molecule has 7 nitrogen and oxygen atoms in total. The molecule has 2 N–H and O–H groups in total. The summed E-state index contributed by atoms with van der Waals surface area (Å²) < 4.78 is 34.8. The third-order valence-electron chi connectivity index (χ3n) is 4.37. The Morgan fingerprint density at radius 3 is 2.35 bits per heavy atom. The number of hydrogen-bond donors (Lipinski definition) is 2. The van der Waals surface area contributed by atoms with Gasteiger partial charge in [-0.2, -0.15) is 8.78 Å². The summed E-state index contributed by atoms with van der Waals surface area (Å²) in [5, 5.41) is 0.561. The van der Waals surface area contributed by atoms with Crippen molar-refractivity contribution in [3.05, 3.63) is 84.1 Å². The van der Waals surface area contributed by atoms with E-state index in [0.717, 1.165) is 0 Å². The number of furan rings is 1. The second kappa shape index (κ2) is 8.62. The second-order valence-corrected chi connectivity index (χ2v) is 6.33. The van der Waals surface area contributed by atoms with Crippen molar-refractivity contribution in [2.24, 2.45) is 0 Å². The van der Waals surface area contributed by atoms with E-state index < -0.39 is 18.4 Å². The summed E-state index contributed by atoms with van der Waals surface area (Å²) in [6.45, 7) is -3.09. The van der Waals surface area contributed by atoms with Gasteiger partial charge in [0.15, 0.2) is 5.76 Å². The molecule has 4 rings (SSSR count). The lowest BCUT2D eigenvalue weighted by molar-refractivity contribution is -0.0501. The quantitative estimate of drug-likeness (QED) is 0.470. The zero-order valence-electron chi connectivity index (χ0n) is 15.8. The summed E-state index contributed by atoms with van der Waals surface area (Å²) in [6.07, 6.45) is 1.49. The molecule has 2 heterocycles. The van der Waals surface area contributed by atoms with Crippen LogP contribution in [0.1, 0.15) is 20.7 Å². The summed E-state index contributed by atoms with van der Waals surface area (Å²) in [7, 11) is 0. The van der Waals surface area contributed by atoms with E-state index in [0.29, 0.717) is 22.4 Å². The van der Waals surface area contributed by atoms with Crippen LogP contribution in [0, 0.1) is 0 Å². The van der Waals surface area contributed by atoms with Gasteiger partial charge in [0.1, 0.15) is 11.4 Å². The average Bonchev–Trinajstić information content (AvgIpc) is 3.31. The number of pyridine rings is 1. The third kappa shape index (κ3) is 4.35. The zero-order valence-corrected chi connectivity index (χ0v) is 15.8. The zero-order chi connectivity index (χ0) is 21.8. The fourth-order valence-electron chi connectivity index (χ4n) is 3.01. The van der Waals surface area contributed by atoms with E-state index in [1.807, 2.05) is 0 Å². The van der Waals surface area contributed by atoms with Crippen molar-refractivity contribution >= 4 is 22.7 Å². The number of aromatic nitrogens is 1. The summed E-state index contributed by atoms with van der Waals surface area (Å²) >= 11 is 0. The maximum Gasteiger partial charge on any atom is 0.387 e. The van der Waals surface area contributed by atoms with Crippen molar-refractivity contribution in [1.82, 2.24) is 15.8 Å². The molecule has 0 saturated carbocycles. The Bertz CT molecular complexity index is 1240. The van der Waals surface area contributed by atoms with Crippen LogP contribution < -0.4 is 15.6 Å². The molecule has 2 aromatic heterocycles. The van der Waals surface area contributed by atoms with Gasteiger partial charge in [-0.05, 0) is 36.4 Å². The molecular formula is C22H15F2N3O4. The fraction of sp³-hybridized carbons (Fsp3) is 0.0455. The Hall–Kier alpha value is -4.27. The topological polar surface area (TPSA) is 93.5 Å². The lowest BCUT2D eigenvalue weighted by Gasteiger charge is -2.13. The van der Waals surface area contributed by atoms with E-state index in [-0.39, 0.29) is 16.9 Å². The summed E-state index contributed by atoms with van der Waals surface area (Å²) in [5.41, 5.74) is 5.62. The normalized spacial score (nSPS) is 10.8. The van der Waals surface area contributed by atoms with Gasteiger partial charge < -0.3 is 9.15 Å². The van der Waals surface area contributed by atoms with Gasteiger partial charge in [0, 0.05) is 5.39 Å². The van der Waals surface area contributed by atoms with Gasteiger partial charge in [-0.25, -0.2) is 4.98 Å². The van der Waals surface area contributed by atoms with Crippen LogP contribution >= 0.6 is 0 Å². The number of hydrogen-bond acceptors (Lipinski definition) is 5. The molecule has 9 heteroatoms. The first-order valence-electron chi connectivity index (χ1n) is 9.11. The number of fused-ring (bicyclic) bond motifs is 1. The van der Waals surface area contributed by atoms with E-state index in [4.69, 9.17) is 4.42 Å². The predicted octanol–water partition coefficient (Wildman–Crippen LogP) is 4.17. The van der Waals surface area contributed by atoms with Crippen molar-refractivity contribution in [2.45, 2.75) is 6.61 Å². The lowest BCUT2D eigenvalue weighted by atomic mass is 10.1. The predicted molar refractivity (Wildman–Crippen MR) is 107 cm³/mol. The van der Waals surface area contributed by atoms with E-state index in [1.165, 1.54) is 36.6 Å². The number of carbonyl (C=O) groups is 2. The minimum atomic E-state index is -3.09. The number of alkyl halides is 2. The Morgan fingerprint density at radius 1 is 0.903 bits per heavy atom. The summed E-state index contributed by atoms with van der Waals surface area (Å²) in [6, 6.07) is 17.4. The van der Waals surface area contributed by atoms with Gasteiger partial charge in [-0.15, -0.1) is 0 Å². The Kier molecular flexibility index (Phi) is 5.57. The summed E-state index contributed by atoms with van der Waals surface area (Å²) in [4.78, 5) is 29.8. The number of amides is 2. The molecule has 0 unspecified atom stereocenters. The maximum absolute atomic E-state index is 12.8. The maximum atomic E-state index is 12.8. The monoisotopic (exact) mass is 423 g/mol. The molecule has 0 aliphatic rings. The van der Waals surface area contributed by atoms with Gasteiger partial charge in [-0.1, -0.05) is 30.3 Å². The van der Waals surface area contributed by atoms with Crippen molar-refractivity contribution in [3.8, 4) is 17.2 Å². The second-order valence-electron chi connectivity index (χ2n) is 6.33. The molecule has 0 aliphatic heterocycles. The molecule has 156 valence electrons. The molecule has 0 bridgehead atoms. The molecule has 0 fully saturated rings. The highest BCUT2D eigenvalue weighted by Gasteiger charge is 2.18. The number of ether oxygens (including phenoxy) is 1. The van der Waals surface area contributed by atoms with Crippen LogP contribution in [-0.4, -0.2) is 23.4 Å². The number of rotatable bonds is 5. The SMILES string of the molecule is O=C(NNC(=O)c1cc(-c2ccco2)nc2ccccc12)c1ccccc1OC(F)F. The smallest absolute Gasteiger partial charge is 0.387 e. The van der Waals surface area contributed by atoms with Crippen LogP contribution in [0.4, 0.5) is 8.78 Å². The molecule has 0 atom stereocenters.